The number of ether oxygens (including phenoxy) is 1. The molecular formula is C17H23NO2. The van der Waals surface area contributed by atoms with Gasteiger partial charge in [0.25, 0.3) is 0 Å². The largest absolute Gasteiger partial charge is 0.488 e. The summed E-state index contributed by atoms with van der Waals surface area (Å²) in [7, 11) is 0. The van der Waals surface area contributed by atoms with Crippen LogP contribution in [0.25, 0.3) is 0 Å². The SMILES string of the molecule is CCc1ccccc1OCc1ccoc1CNC(C)C. The standard InChI is InChI=1S/C17H23NO2/c1-4-14-7-5-6-8-16(14)20-12-15-9-10-19-17(15)11-18-13(2)3/h5-10,13,18H,4,11-12H2,1-3H3. The van der Waals surface area contributed by atoms with E-state index in [0.717, 1.165) is 30.0 Å². The fourth-order valence-electron chi connectivity index (χ4n) is 2.04. The van der Waals surface area contributed by atoms with E-state index in [0.29, 0.717) is 12.6 Å². The maximum Gasteiger partial charge on any atom is 0.124 e. The van der Waals surface area contributed by atoms with Crippen LogP contribution in [0.4, 0.5) is 0 Å². The van der Waals surface area contributed by atoms with E-state index in [2.05, 4.69) is 32.2 Å². The van der Waals surface area contributed by atoms with Gasteiger partial charge in [0.1, 0.15) is 18.1 Å². The van der Waals surface area contributed by atoms with Crippen LogP contribution in [0.15, 0.2) is 41.0 Å². The van der Waals surface area contributed by atoms with Crippen molar-refractivity contribution in [3.63, 3.8) is 0 Å². The molecule has 1 N–H and O–H groups in total. The molecule has 20 heavy (non-hydrogen) atoms. The van der Waals surface area contributed by atoms with Crippen LogP contribution in [0.5, 0.6) is 5.75 Å². The lowest BCUT2D eigenvalue weighted by atomic mass is 10.1. The highest BCUT2D eigenvalue weighted by Gasteiger charge is 2.08. The van der Waals surface area contributed by atoms with Gasteiger partial charge in [-0.2, -0.15) is 0 Å². The quantitative estimate of drug-likeness (QED) is 0.830. The lowest BCUT2D eigenvalue weighted by molar-refractivity contribution is 0.298. The third kappa shape index (κ3) is 3.87. The molecule has 0 spiro atoms. The highest BCUT2D eigenvalue weighted by atomic mass is 16.5. The molecule has 0 aliphatic heterocycles. The average Bonchev–Trinajstić information content (AvgIpc) is 2.90. The monoisotopic (exact) mass is 273 g/mol. The first-order valence-corrected chi connectivity index (χ1v) is 7.20. The summed E-state index contributed by atoms with van der Waals surface area (Å²) < 4.78 is 11.4. The molecule has 108 valence electrons. The van der Waals surface area contributed by atoms with E-state index in [9.17, 15) is 0 Å². The lowest BCUT2D eigenvalue weighted by Crippen LogP contribution is -2.22. The Balaban J connectivity index is 1.99. The number of para-hydroxylation sites is 1. The molecule has 1 aromatic heterocycles. The van der Waals surface area contributed by atoms with E-state index in [1.165, 1.54) is 5.56 Å². The number of aryl methyl sites for hydroxylation is 1. The Hall–Kier alpha value is -1.74. The van der Waals surface area contributed by atoms with E-state index < -0.39 is 0 Å². The molecule has 0 radical (unpaired) electrons. The second-order valence-electron chi connectivity index (χ2n) is 5.15. The van der Waals surface area contributed by atoms with Crippen molar-refractivity contribution in [1.82, 2.24) is 5.32 Å². The zero-order valence-electron chi connectivity index (χ0n) is 12.5. The Morgan fingerprint density at radius 1 is 1.15 bits per heavy atom. The van der Waals surface area contributed by atoms with Gasteiger partial charge in [-0.25, -0.2) is 0 Å². The second kappa shape index (κ2) is 7.15. The first-order chi connectivity index (χ1) is 9.70. The van der Waals surface area contributed by atoms with Crippen molar-refractivity contribution in [1.29, 1.82) is 0 Å². The fraction of sp³-hybridized carbons (Fsp3) is 0.412. The van der Waals surface area contributed by atoms with E-state index >= 15 is 0 Å². The molecule has 0 saturated heterocycles. The first-order valence-electron chi connectivity index (χ1n) is 7.20. The third-order valence-corrected chi connectivity index (χ3v) is 3.25. The summed E-state index contributed by atoms with van der Waals surface area (Å²) in [4.78, 5) is 0. The maximum absolute atomic E-state index is 5.93. The molecule has 0 saturated carbocycles. The number of nitrogens with one attached hydrogen (secondary N) is 1. The minimum absolute atomic E-state index is 0.440. The van der Waals surface area contributed by atoms with Crippen LogP contribution < -0.4 is 10.1 Å². The zero-order chi connectivity index (χ0) is 14.4. The second-order valence-corrected chi connectivity index (χ2v) is 5.15. The van der Waals surface area contributed by atoms with Crippen molar-refractivity contribution in [2.75, 3.05) is 0 Å². The summed E-state index contributed by atoms with van der Waals surface area (Å²) in [5.41, 5.74) is 2.34. The van der Waals surface area contributed by atoms with Gasteiger partial charge in [-0.1, -0.05) is 39.0 Å². The van der Waals surface area contributed by atoms with Gasteiger partial charge < -0.3 is 14.5 Å². The molecule has 0 bridgehead atoms. The highest BCUT2D eigenvalue weighted by Crippen LogP contribution is 2.21. The third-order valence-electron chi connectivity index (χ3n) is 3.25. The molecule has 0 aliphatic carbocycles. The predicted molar refractivity (Wildman–Crippen MR) is 80.8 cm³/mol. The number of benzene rings is 1. The van der Waals surface area contributed by atoms with Gasteiger partial charge in [0.05, 0.1) is 12.8 Å². The maximum atomic E-state index is 5.93. The zero-order valence-corrected chi connectivity index (χ0v) is 12.5. The molecule has 3 heteroatoms. The molecule has 2 aromatic rings. The number of hydrogen-bond donors (Lipinski definition) is 1. The van der Waals surface area contributed by atoms with Crippen LogP contribution in [0.2, 0.25) is 0 Å². The number of rotatable bonds is 7. The van der Waals surface area contributed by atoms with Crippen LogP contribution >= 0.6 is 0 Å². The Kier molecular flexibility index (Phi) is 5.24. The van der Waals surface area contributed by atoms with Crippen LogP contribution in [0, 0.1) is 0 Å². The van der Waals surface area contributed by atoms with Gasteiger partial charge in [0.2, 0.25) is 0 Å². The summed E-state index contributed by atoms with van der Waals surface area (Å²) in [6.07, 6.45) is 2.70. The van der Waals surface area contributed by atoms with Crippen LogP contribution in [0.1, 0.15) is 37.7 Å². The molecular weight excluding hydrogens is 250 g/mol. The van der Waals surface area contributed by atoms with Crippen molar-refractivity contribution in [2.24, 2.45) is 0 Å². The molecule has 0 amide bonds. The van der Waals surface area contributed by atoms with Crippen molar-refractivity contribution >= 4 is 0 Å². The molecule has 1 heterocycles. The molecule has 0 atom stereocenters. The average molecular weight is 273 g/mol. The summed E-state index contributed by atoms with van der Waals surface area (Å²) >= 11 is 0. The Labute approximate surface area is 121 Å². The summed E-state index contributed by atoms with van der Waals surface area (Å²) in [6.45, 7) is 7.66. The lowest BCUT2D eigenvalue weighted by Gasteiger charge is -2.11. The van der Waals surface area contributed by atoms with Gasteiger partial charge in [-0.05, 0) is 24.1 Å². The van der Waals surface area contributed by atoms with Gasteiger partial charge >= 0.3 is 0 Å². The normalized spacial score (nSPS) is 11.0. The van der Waals surface area contributed by atoms with Crippen LogP contribution in [-0.2, 0) is 19.6 Å². The molecule has 0 fully saturated rings. The number of hydrogen-bond acceptors (Lipinski definition) is 3. The molecule has 0 aliphatic rings. The summed E-state index contributed by atoms with van der Waals surface area (Å²) in [5.74, 6) is 1.91. The number of furan rings is 1. The molecule has 3 nitrogen and oxygen atoms in total. The molecule has 1 aromatic carbocycles. The van der Waals surface area contributed by atoms with Crippen LogP contribution in [-0.4, -0.2) is 6.04 Å². The Morgan fingerprint density at radius 2 is 1.95 bits per heavy atom. The molecule has 0 unspecified atom stereocenters. The smallest absolute Gasteiger partial charge is 0.124 e. The van der Waals surface area contributed by atoms with Gasteiger partial charge in [0, 0.05) is 11.6 Å². The van der Waals surface area contributed by atoms with Gasteiger partial charge in [-0.3, -0.25) is 0 Å². The topological polar surface area (TPSA) is 34.4 Å². The summed E-state index contributed by atoms with van der Waals surface area (Å²) in [5, 5.41) is 3.36. The van der Waals surface area contributed by atoms with Gasteiger partial charge in [-0.15, -0.1) is 0 Å². The Bertz CT molecular complexity index is 531. The molecule has 2 rings (SSSR count). The fourth-order valence-corrected chi connectivity index (χ4v) is 2.04. The Morgan fingerprint density at radius 3 is 2.70 bits per heavy atom. The first kappa shape index (κ1) is 14.7. The minimum atomic E-state index is 0.440. The highest BCUT2D eigenvalue weighted by molar-refractivity contribution is 5.33. The van der Waals surface area contributed by atoms with Crippen LogP contribution in [0.3, 0.4) is 0 Å². The van der Waals surface area contributed by atoms with Crippen molar-refractivity contribution < 1.29 is 9.15 Å². The van der Waals surface area contributed by atoms with Crippen molar-refractivity contribution in [3.8, 4) is 5.75 Å². The summed E-state index contributed by atoms with van der Waals surface area (Å²) in [6, 6.07) is 10.6. The predicted octanol–water partition coefficient (Wildman–Crippen LogP) is 3.92. The minimum Gasteiger partial charge on any atom is -0.488 e. The van der Waals surface area contributed by atoms with Crippen molar-refractivity contribution in [2.45, 2.75) is 46.4 Å². The van der Waals surface area contributed by atoms with Crippen molar-refractivity contribution in [3.05, 3.63) is 53.5 Å². The van der Waals surface area contributed by atoms with E-state index in [1.54, 1.807) is 6.26 Å². The van der Waals surface area contributed by atoms with E-state index in [4.69, 9.17) is 9.15 Å². The van der Waals surface area contributed by atoms with Gasteiger partial charge in [0.15, 0.2) is 0 Å². The van der Waals surface area contributed by atoms with E-state index in [1.807, 2.05) is 24.3 Å². The van der Waals surface area contributed by atoms with E-state index in [-0.39, 0.29) is 0 Å².